The molecule has 11 nitrogen and oxygen atoms in total. The van der Waals surface area contributed by atoms with Crippen LogP contribution in [0.1, 0.15) is 32.1 Å². The number of fused-ring (bicyclic) bond motifs is 1. The van der Waals surface area contributed by atoms with Crippen molar-refractivity contribution in [3.8, 4) is 0 Å². The summed E-state index contributed by atoms with van der Waals surface area (Å²) in [5, 5.41) is 3.98. The number of hydroxylamine groups is 2. The van der Waals surface area contributed by atoms with Gasteiger partial charge in [-0.3, -0.25) is 9.59 Å². The van der Waals surface area contributed by atoms with Crippen LogP contribution in [0.15, 0.2) is 0 Å². The van der Waals surface area contributed by atoms with Crippen molar-refractivity contribution in [2.24, 2.45) is 0 Å². The maximum absolute atomic E-state index is 11.8. The van der Waals surface area contributed by atoms with E-state index in [4.69, 9.17) is 0 Å². The molecule has 3 heterocycles. The number of thioether (sulfide) groups is 1. The number of nitrogens with zero attached hydrogens (tertiary/aromatic N) is 1. The summed E-state index contributed by atoms with van der Waals surface area (Å²) in [6, 6.07) is 0.0207. The average molecular weight is 443 g/mol. The summed E-state index contributed by atoms with van der Waals surface area (Å²) in [6.07, 6.45) is 1.000. The summed E-state index contributed by atoms with van der Waals surface area (Å²) in [7, 11) is -4.99. The maximum atomic E-state index is 11.8. The zero-order valence-electron chi connectivity index (χ0n) is 15.1. The van der Waals surface area contributed by atoms with E-state index in [1.165, 1.54) is 0 Å². The Morgan fingerprint density at radius 2 is 1.96 bits per heavy atom. The van der Waals surface area contributed by atoms with Gasteiger partial charge in [-0.2, -0.15) is 11.8 Å². The van der Waals surface area contributed by atoms with Gasteiger partial charge in [-0.25, -0.2) is 18.0 Å². The second kappa shape index (κ2) is 9.30. The Bertz CT molecular complexity index is 777. The van der Waals surface area contributed by atoms with Gasteiger partial charge in [0.1, 0.15) is 15.4 Å². The molecule has 0 radical (unpaired) electrons. The molecule has 3 saturated heterocycles. The van der Waals surface area contributed by atoms with Gasteiger partial charge >= 0.3 is 41.6 Å². The molecule has 0 bridgehead atoms. The van der Waals surface area contributed by atoms with E-state index in [0.717, 1.165) is 12.2 Å². The second-order valence-corrected chi connectivity index (χ2v) is 9.37. The van der Waals surface area contributed by atoms with Gasteiger partial charge in [-0.05, 0) is 12.8 Å². The summed E-state index contributed by atoms with van der Waals surface area (Å²) < 4.78 is 32.8. The smallest absolute Gasteiger partial charge is 0.747 e. The summed E-state index contributed by atoms with van der Waals surface area (Å²) in [4.78, 5) is 51.1. The third-order valence-electron chi connectivity index (χ3n) is 4.66. The largest absolute Gasteiger partial charge is 1.00 e. The van der Waals surface area contributed by atoms with Crippen LogP contribution in [0.25, 0.3) is 0 Å². The van der Waals surface area contributed by atoms with Crippen molar-refractivity contribution in [3.05, 3.63) is 0 Å². The number of rotatable bonds is 7. The number of carbonyl (C=O) groups excluding carboxylic acids is 4. The molecule has 2 N–H and O–H groups in total. The SMILES string of the molecule is O=C1N[C@H]2CSC(CCCCC(=O)ON3C(=O)CC(S(=O)(=O)[O-])C3=O)[C@@H]2N1.[Na+]. The Hall–Kier alpha value is -0.860. The van der Waals surface area contributed by atoms with Gasteiger partial charge in [0.15, 0.2) is 0 Å². The third-order valence-corrected chi connectivity index (χ3v) is 7.24. The molecule has 0 spiro atoms. The quantitative estimate of drug-likeness (QED) is 0.131. The molecule has 0 aromatic heterocycles. The fourth-order valence-electron chi connectivity index (χ4n) is 3.31. The van der Waals surface area contributed by atoms with Gasteiger partial charge in [0.05, 0.1) is 18.5 Å². The molecule has 14 heteroatoms. The number of hydrogen-bond donors (Lipinski definition) is 2. The van der Waals surface area contributed by atoms with Crippen LogP contribution in [0.2, 0.25) is 0 Å². The minimum absolute atomic E-state index is 0. The van der Waals surface area contributed by atoms with Gasteiger partial charge in [0.2, 0.25) is 0 Å². The molecule has 3 fully saturated rings. The van der Waals surface area contributed by atoms with Crippen LogP contribution in [0.3, 0.4) is 0 Å². The molecule has 150 valence electrons. The molecule has 28 heavy (non-hydrogen) atoms. The molecular weight excluding hydrogens is 425 g/mol. The van der Waals surface area contributed by atoms with Crippen molar-refractivity contribution in [3.63, 3.8) is 0 Å². The first-order valence-corrected chi connectivity index (χ1v) is 10.9. The molecule has 0 saturated carbocycles. The maximum Gasteiger partial charge on any atom is 1.00 e. The van der Waals surface area contributed by atoms with Crippen molar-refractivity contribution in [1.82, 2.24) is 15.7 Å². The van der Waals surface area contributed by atoms with Crippen LogP contribution < -0.4 is 40.2 Å². The Morgan fingerprint density at radius 1 is 1.25 bits per heavy atom. The molecule has 2 unspecified atom stereocenters. The van der Waals surface area contributed by atoms with E-state index in [2.05, 4.69) is 15.5 Å². The summed E-state index contributed by atoms with van der Waals surface area (Å²) >= 11 is 1.75. The first-order chi connectivity index (χ1) is 12.7. The van der Waals surface area contributed by atoms with Crippen molar-refractivity contribution in [1.29, 1.82) is 0 Å². The van der Waals surface area contributed by atoms with E-state index in [-0.39, 0.29) is 64.4 Å². The Balaban J connectivity index is 0.00000280. The van der Waals surface area contributed by atoms with Gasteiger partial charge in [-0.15, -0.1) is 5.06 Å². The van der Waals surface area contributed by atoms with Crippen LogP contribution in [0.5, 0.6) is 0 Å². The number of unbranched alkanes of at least 4 members (excludes halogenated alkanes) is 1. The minimum Gasteiger partial charge on any atom is -0.747 e. The minimum atomic E-state index is -4.99. The van der Waals surface area contributed by atoms with Crippen LogP contribution in [0.4, 0.5) is 4.79 Å². The monoisotopic (exact) mass is 443 g/mol. The van der Waals surface area contributed by atoms with Gasteiger partial charge in [0, 0.05) is 17.4 Å². The molecule has 0 aliphatic carbocycles. The van der Waals surface area contributed by atoms with Crippen LogP contribution in [-0.2, 0) is 29.3 Å². The van der Waals surface area contributed by atoms with Gasteiger partial charge < -0.3 is 20.0 Å². The summed E-state index contributed by atoms with van der Waals surface area (Å²) in [6.45, 7) is 0. The van der Waals surface area contributed by atoms with E-state index in [9.17, 15) is 32.1 Å². The van der Waals surface area contributed by atoms with Crippen LogP contribution >= 0.6 is 11.8 Å². The molecule has 3 aliphatic rings. The Kier molecular flexibility index (Phi) is 7.78. The van der Waals surface area contributed by atoms with Crippen LogP contribution in [0, 0.1) is 0 Å². The predicted octanol–water partition coefficient (Wildman–Crippen LogP) is -4.15. The zero-order chi connectivity index (χ0) is 19.8. The topological polar surface area (TPSA) is 162 Å². The average Bonchev–Trinajstić information content (AvgIpc) is 3.19. The van der Waals surface area contributed by atoms with E-state index >= 15 is 0 Å². The second-order valence-electron chi connectivity index (χ2n) is 6.54. The van der Waals surface area contributed by atoms with Gasteiger partial charge in [0.25, 0.3) is 11.8 Å². The number of imide groups is 1. The van der Waals surface area contributed by atoms with Crippen molar-refractivity contribution < 1.29 is 66.5 Å². The predicted molar refractivity (Wildman–Crippen MR) is 90.0 cm³/mol. The molecule has 3 aliphatic heterocycles. The van der Waals surface area contributed by atoms with E-state index < -0.39 is 39.6 Å². The summed E-state index contributed by atoms with van der Waals surface area (Å²) in [5.41, 5.74) is 0. The third kappa shape index (κ3) is 5.19. The normalized spacial score (nSPS) is 29.2. The fraction of sp³-hybridized carbons (Fsp3) is 0.714. The molecule has 4 atom stereocenters. The number of nitrogens with one attached hydrogen (secondary N) is 2. The van der Waals surface area contributed by atoms with Crippen molar-refractivity contribution in [2.75, 3.05) is 5.75 Å². The first-order valence-electron chi connectivity index (χ1n) is 8.38. The number of hydrogen-bond acceptors (Lipinski definition) is 9. The first kappa shape index (κ1) is 23.4. The van der Waals surface area contributed by atoms with Gasteiger partial charge in [-0.1, -0.05) is 6.42 Å². The van der Waals surface area contributed by atoms with Crippen molar-refractivity contribution in [2.45, 2.75) is 54.7 Å². The Labute approximate surface area is 187 Å². The van der Waals surface area contributed by atoms with Crippen molar-refractivity contribution >= 4 is 45.7 Å². The van der Waals surface area contributed by atoms with E-state index in [1.807, 2.05) is 0 Å². The Morgan fingerprint density at radius 3 is 2.61 bits per heavy atom. The fourth-order valence-corrected chi connectivity index (χ4v) is 5.54. The number of carbonyl (C=O) groups is 4. The molecule has 0 aromatic rings. The number of urea groups is 1. The van der Waals surface area contributed by atoms with E-state index in [0.29, 0.717) is 12.8 Å². The molecule has 3 rings (SSSR count). The van der Waals surface area contributed by atoms with E-state index in [1.54, 1.807) is 11.8 Å². The molecule has 0 aromatic carbocycles. The molecular formula is C14H18N3NaO8S2. The summed E-state index contributed by atoms with van der Waals surface area (Å²) in [5.74, 6) is -2.38. The number of amides is 4. The zero-order valence-corrected chi connectivity index (χ0v) is 18.7. The molecule has 4 amide bonds. The van der Waals surface area contributed by atoms with Crippen LogP contribution in [-0.4, -0.2) is 70.2 Å². The standard InChI is InChI=1S/C14H19N3O8S2.Na/c18-10-5-9(27(22,23)24)13(20)17(10)25-11(19)4-2-1-3-8-12-7(6-26-8)15-14(21)16-12;/h7-9,12H,1-6H2,(H2,15,16,21)(H,22,23,24);/q;+1/p-1/t7-,8?,9?,12+;/m0./s1.